The van der Waals surface area contributed by atoms with Crippen molar-refractivity contribution in [2.45, 2.75) is 26.2 Å². The highest BCUT2D eigenvalue weighted by molar-refractivity contribution is 5.34. The van der Waals surface area contributed by atoms with Crippen molar-refractivity contribution in [3.8, 4) is 5.95 Å². The van der Waals surface area contributed by atoms with Crippen LogP contribution >= 0.6 is 0 Å². The molecule has 0 aliphatic carbocycles. The molecule has 18 heavy (non-hydrogen) atoms. The lowest BCUT2D eigenvalue weighted by Gasteiger charge is -2.06. The Morgan fingerprint density at radius 3 is 2.89 bits per heavy atom. The van der Waals surface area contributed by atoms with Crippen LogP contribution in [0.1, 0.15) is 26.2 Å². The summed E-state index contributed by atoms with van der Waals surface area (Å²) in [5.41, 5.74) is 5.66. The van der Waals surface area contributed by atoms with Gasteiger partial charge in [-0.1, -0.05) is 19.8 Å². The van der Waals surface area contributed by atoms with Gasteiger partial charge in [-0.05, 0) is 6.42 Å². The summed E-state index contributed by atoms with van der Waals surface area (Å²) < 4.78 is 1.69. The first-order valence-electron chi connectivity index (χ1n) is 6.03. The van der Waals surface area contributed by atoms with Gasteiger partial charge >= 0.3 is 0 Å². The van der Waals surface area contributed by atoms with Gasteiger partial charge in [0.05, 0.1) is 0 Å². The fraction of sp³-hybridized carbons (Fsp3) is 0.455. The van der Waals surface area contributed by atoms with E-state index in [1.165, 1.54) is 12.8 Å². The molecule has 7 heteroatoms. The molecule has 7 nitrogen and oxygen atoms in total. The number of nitrogens with zero attached hydrogens (tertiary/aromatic N) is 5. The fourth-order valence-corrected chi connectivity index (χ4v) is 1.53. The van der Waals surface area contributed by atoms with Gasteiger partial charge in [0.15, 0.2) is 0 Å². The third-order valence-corrected chi connectivity index (χ3v) is 2.44. The second kappa shape index (κ2) is 5.95. The van der Waals surface area contributed by atoms with Crippen molar-refractivity contribution in [1.29, 1.82) is 0 Å². The third kappa shape index (κ3) is 3.16. The molecule has 0 aliphatic rings. The first-order valence-corrected chi connectivity index (χ1v) is 6.03. The number of aromatic nitrogens is 5. The van der Waals surface area contributed by atoms with E-state index >= 15 is 0 Å². The number of nitrogens with two attached hydrogens (primary N) is 1. The average molecular weight is 247 g/mol. The van der Waals surface area contributed by atoms with Gasteiger partial charge in [-0.15, -0.1) is 0 Å². The molecule has 0 fully saturated rings. The first kappa shape index (κ1) is 12.3. The lowest BCUT2D eigenvalue weighted by Crippen LogP contribution is -2.11. The molecule has 96 valence electrons. The molecule has 0 saturated carbocycles. The monoisotopic (exact) mass is 247 g/mol. The van der Waals surface area contributed by atoms with Crippen molar-refractivity contribution in [3.63, 3.8) is 0 Å². The Hall–Kier alpha value is -2.18. The molecule has 0 saturated heterocycles. The van der Waals surface area contributed by atoms with Gasteiger partial charge in [0.1, 0.15) is 6.33 Å². The molecule has 0 aliphatic heterocycles. The molecular formula is C11H17N7. The van der Waals surface area contributed by atoms with Crippen LogP contribution in [-0.2, 0) is 0 Å². The maximum absolute atomic E-state index is 5.66. The van der Waals surface area contributed by atoms with Gasteiger partial charge in [0.25, 0.3) is 0 Å². The van der Waals surface area contributed by atoms with Crippen LogP contribution in [0.25, 0.3) is 5.95 Å². The highest BCUT2D eigenvalue weighted by Crippen LogP contribution is 2.07. The largest absolute Gasteiger partial charge is 0.368 e. The van der Waals surface area contributed by atoms with Gasteiger partial charge in [-0.2, -0.15) is 15.0 Å². The van der Waals surface area contributed by atoms with E-state index in [2.05, 4.69) is 32.2 Å². The van der Waals surface area contributed by atoms with Crippen molar-refractivity contribution in [2.75, 3.05) is 17.6 Å². The molecule has 2 aromatic rings. The Labute approximate surface area is 106 Å². The molecule has 2 aromatic heterocycles. The Bertz CT molecular complexity index is 480. The predicted octanol–water partition coefficient (Wildman–Crippen LogP) is 1.24. The Morgan fingerprint density at radius 1 is 1.28 bits per heavy atom. The number of anilines is 2. The standard InChI is InChI=1S/C11H17N7/c1-2-3-4-5-14-10-15-9(12)16-11(17-10)18-7-6-13-8-18/h6-8H,2-5H2,1H3,(H3,12,14,15,16,17). The Kier molecular flexibility index (Phi) is 4.06. The number of nitrogen functional groups attached to an aromatic ring is 1. The van der Waals surface area contributed by atoms with Crippen LogP contribution in [0.3, 0.4) is 0 Å². The molecule has 0 radical (unpaired) electrons. The second-order valence-electron chi connectivity index (χ2n) is 3.92. The van der Waals surface area contributed by atoms with Crippen molar-refractivity contribution >= 4 is 11.9 Å². The smallest absolute Gasteiger partial charge is 0.241 e. The van der Waals surface area contributed by atoms with E-state index in [4.69, 9.17) is 5.73 Å². The van der Waals surface area contributed by atoms with E-state index in [1.807, 2.05) is 0 Å². The van der Waals surface area contributed by atoms with Crippen molar-refractivity contribution in [2.24, 2.45) is 0 Å². The summed E-state index contributed by atoms with van der Waals surface area (Å²) in [5, 5.41) is 3.15. The number of hydrogen-bond acceptors (Lipinski definition) is 6. The zero-order valence-electron chi connectivity index (χ0n) is 10.4. The number of imidazole rings is 1. The van der Waals surface area contributed by atoms with Gasteiger partial charge in [0.2, 0.25) is 17.8 Å². The summed E-state index contributed by atoms with van der Waals surface area (Å²) >= 11 is 0. The Balaban J connectivity index is 2.07. The molecular weight excluding hydrogens is 230 g/mol. The minimum Gasteiger partial charge on any atom is -0.368 e. The van der Waals surface area contributed by atoms with E-state index in [0.29, 0.717) is 11.9 Å². The second-order valence-corrected chi connectivity index (χ2v) is 3.92. The zero-order chi connectivity index (χ0) is 12.8. The third-order valence-electron chi connectivity index (χ3n) is 2.44. The highest BCUT2D eigenvalue weighted by atomic mass is 15.3. The number of nitrogens with one attached hydrogen (secondary N) is 1. The minimum atomic E-state index is 0.201. The van der Waals surface area contributed by atoms with E-state index in [1.54, 1.807) is 23.3 Å². The highest BCUT2D eigenvalue weighted by Gasteiger charge is 2.05. The molecule has 2 rings (SSSR count). The maximum atomic E-state index is 5.66. The van der Waals surface area contributed by atoms with E-state index < -0.39 is 0 Å². The number of hydrogen-bond donors (Lipinski definition) is 2. The molecule has 0 unspecified atom stereocenters. The molecule has 3 N–H and O–H groups in total. The van der Waals surface area contributed by atoms with Crippen molar-refractivity contribution in [3.05, 3.63) is 18.7 Å². The van der Waals surface area contributed by atoms with Crippen LogP contribution in [0, 0.1) is 0 Å². The lowest BCUT2D eigenvalue weighted by atomic mass is 10.2. The molecule has 0 atom stereocenters. The van der Waals surface area contributed by atoms with Crippen LogP contribution < -0.4 is 11.1 Å². The minimum absolute atomic E-state index is 0.201. The first-order chi connectivity index (χ1) is 8.79. The molecule has 0 bridgehead atoms. The molecule has 0 amide bonds. The fourth-order valence-electron chi connectivity index (χ4n) is 1.53. The summed E-state index contributed by atoms with van der Waals surface area (Å²) in [7, 11) is 0. The van der Waals surface area contributed by atoms with Gasteiger partial charge in [0, 0.05) is 18.9 Å². The van der Waals surface area contributed by atoms with E-state index in [0.717, 1.165) is 13.0 Å². The van der Waals surface area contributed by atoms with Crippen LogP contribution in [0.5, 0.6) is 0 Å². The normalized spacial score (nSPS) is 10.5. The van der Waals surface area contributed by atoms with Crippen LogP contribution in [0.15, 0.2) is 18.7 Å². The van der Waals surface area contributed by atoms with Crippen LogP contribution in [0.2, 0.25) is 0 Å². The quantitative estimate of drug-likeness (QED) is 0.746. The van der Waals surface area contributed by atoms with Crippen LogP contribution in [0.4, 0.5) is 11.9 Å². The summed E-state index contributed by atoms with van der Waals surface area (Å²) in [5.74, 6) is 1.17. The summed E-state index contributed by atoms with van der Waals surface area (Å²) in [4.78, 5) is 16.3. The van der Waals surface area contributed by atoms with Crippen molar-refractivity contribution < 1.29 is 0 Å². The lowest BCUT2D eigenvalue weighted by molar-refractivity contribution is 0.739. The van der Waals surface area contributed by atoms with Crippen LogP contribution in [-0.4, -0.2) is 31.0 Å². The molecule has 0 spiro atoms. The van der Waals surface area contributed by atoms with E-state index in [-0.39, 0.29) is 5.95 Å². The maximum Gasteiger partial charge on any atom is 0.241 e. The predicted molar refractivity (Wildman–Crippen MR) is 69.4 cm³/mol. The topological polar surface area (TPSA) is 94.5 Å². The SMILES string of the molecule is CCCCCNc1nc(N)nc(-n2ccnc2)n1. The van der Waals surface area contributed by atoms with Crippen molar-refractivity contribution in [1.82, 2.24) is 24.5 Å². The number of unbranched alkanes of at least 4 members (excludes halogenated alkanes) is 2. The molecule has 2 heterocycles. The summed E-state index contributed by atoms with van der Waals surface area (Å²) in [6.07, 6.45) is 8.49. The van der Waals surface area contributed by atoms with Gasteiger partial charge in [-0.25, -0.2) is 4.98 Å². The number of rotatable bonds is 6. The summed E-state index contributed by atoms with van der Waals surface area (Å²) in [6.45, 7) is 3.00. The average Bonchev–Trinajstić information content (AvgIpc) is 2.88. The van der Waals surface area contributed by atoms with Gasteiger partial charge in [-0.3, -0.25) is 4.57 Å². The van der Waals surface area contributed by atoms with Gasteiger partial charge < -0.3 is 11.1 Å². The summed E-state index contributed by atoms with van der Waals surface area (Å²) in [6, 6.07) is 0. The Morgan fingerprint density at radius 2 is 2.17 bits per heavy atom. The van der Waals surface area contributed by atoms with E-state index in [9.17, 15) is 0 Å². The zero-order valence-corrected chi connectivity index (χ0v) is 10.4. The molecule has 0 aromatic carbocycles.